The molecule has 2 aromatic rings. The third-order valence-electron chi connectivity index (χ3n) is 3.41. The maximum absolute atomic E-state index is 12.2. The fourth-order valence-electron chi connectivity index (χ4n) is 2.01. The average molecular weight is 402 g/mol. The van der Waals surface area contributed by atoms with Gasteiger partial charge in [0.05, 0.1) is 7.11 Å². The highest BCUT2D eigenvalue weighted by molar-refractivity contribution is 5.75. The monoisotopic (exact) mass is 402 g/mol. The molecule has 8 nitrogen and oxygen atoms in total. The molecule has 0 aliphatic rings. The van der Waals surface area contributed by atoms with E-state index in [0.717, 1.165) is 5.56 Å². The Morgan fingerprint density at radius 2 is 2.00 bits per heavy atom. The van der Waals surface area contributed by atoms with Crippen LogP contribution in [0.15, 0.2) is 41.6 Å². The molecule has 0 amide bonds. The zero-order chi connectivity index (χ0) is 21.3. The Kier molecular flexibility index (Phi) is 8.29. The van der Waals surface area contributed by atoms with Gasteiger partial charge in [-0.05, 0) is 24.2 Å². The Bertz CT molecular complexity index is 864. The molecule has 0 radical (unpaired) electrons. The molecule has 28 heavy (non-hydrogen) atoms. The zero-order valence-corrected chi connectivity index (χ0v) is 15.1. The van der Waals surface area contributed by atoms with Gasteiger partial charge in [0.1, 0.15) is 12.6 Å². The fraction of sp³-hybridized carbons (Fsp3) is 0.353. The first-order valence-electron chi connectivity index (χ1n) is 8.02. The van der Waals surface area contributed by atoms with Gasteiger partial charge in [0.2, 0.25) is 0 Å². The molecule has 152 valence electrons. The highest BCUT2D eigenvalue weighted by atomic mass is 19.4. The molecule has 2 rings (SSSR count). The SMILES string of the molecule is CCn1cccc(-c2cc[n+](CCC(=O)O)nc2)c1=O.COC(=O)C(F)(F)F. The lowest BCUT2D eigenvalue weighted by Gasteiger charge is -2.04. The van der Waals surface area contributed by atoms with Crippen LogP contribution in [0.1, 0.15) is 13.3 Å². The van der Waals surface area contributed by atoms with E-state index in [1.807, 2.05) is 13.0 Å². The van der Waals surface area contributed by atoms with E-state index in [1.165, 1.54) is 0 Å². The van der Waals surface area contributed by atoms with Gasteiger partial charge in [-0.3, -0.25) is 9.59 Å². The standard InChI is InChI=1S/C14H15N3O3.C3H3F3O2/c1-2-16-7-3-4-12(14(16)20)11-5-8-17(15-10-11)9-6-13(18)19;1-8-2(7)3(4,5)6/h3-5,7-8,10H,2,6,9H2,1H3;1H3/p+1. The Hall–Kier alpha value is -3.24. The molecule has 0 bridgehead atoms. The molecule has 2 aromatic heterocycles. The Morgan fingerprint density at radius 3 is 2.43 bits per heavy atom. The molecule has 2 heterocycles. The number of carbonyl (C=O) groups is 2. The molecule has 0 fully saturated rings. The van der Waals surface area contributed by atoms with Crippen molar-refractivity contribution in [2.24, 2.45) is 0 Å². The predicted octanol–water partition coefficient (Wildman–Crippen LogP) is 1.41. The van der Waals surface area contributed by atoms with Gasteiger partial charge >= 0.3 is 18.1 Å². The van der Waals surface area contributed by atoms with Crippen LogP contribution in [0.25, 0.3) is 11.1 Å². The first-order valence-corrected chi connectivity index (χ1v) is 8.02. The van der Waals surface area contributed by atoms with Crippen LogP contribution in [0.5, 0.6) is 0 Å². The number of esters is 1. The van der Waals surface area contributed by atoms with Crippen molar-refractivity contribution < 1.29 is 37.3 Å². The van der Waals surface area contributed by atoms with Gasteiger partial charge in [-0.15, -0.1) is 0 Å². The molecule has 0 atom stereocenters. The van der Waals surface area contributed by atoms with Gasteiger partial charge in [-0.1, -0.05) is 4.68 Å². The van der Waals surface area contributed by atoms with E-state index < -0.39 is 18.1 Å². The number of hydrogen-bond donors (Lipinski definition) is 1. The van der Waals surface area contributed by atoms with Crippen molar-refractivity contribution in [3.05, 3.63) is 47.1 Å². The maximum atomic E-state index is 12.2. The minimum atomic E-state index is -4.85. The third-order valence-corrected chi connectivity index (χ3v) is 3.41. The summed E-state index contributed by atoms with van der Waals surface area (Å²) in [7, 11) is 0.676. The van der Waals surface area contributed by atoms with Crippen LogP contribution in [0.2, 0.25) is 0 Å². The van der Waals surface area contributed by atoms with Crippen LogP contribution in [-0.4, -0.2) is 40.0 Å². The summed E-state index contributed by atoms with van der Waals surface area (Å²) in [5.41, 5.74) is 1.26. The highest BCUT2D eigenvalue weighted by Gasteiger charge is 2.40. The first kappa shape index (κ1) is 22.8. The minimum Gasteiger partial charge on any atom is -0.481 e. The van der Waals surface area contributed by atoms with Crippen molar-refractivity contribution in [1.82, 2.24) is 9.67 Å². The summed E-state index contributed by atoms with van der Waals surface area (Å²) in [4.78, 5) is 32.1. The second-order valence-electron chi connectivity index (χ2n) is 5.32. The van der Waals surface area contributed by atoms with Crippen molar-refractivity contribution >= 4 is 11.9 Å². The van der Waals surface area contributed by atoms with E-state index in [9.17, 15) is 27.6 Å². The first-order chi connectivity index (χ1) is 13.1. The molecule has 0 aliphatic carbocycles. The smallest absolute Gasteiger partial charge is 0.481 e. The lowest BCUT2D eigenvalue weighted by atomic mass is 10.1. The topological polar surface area (TPSA) is 102 Å². The van der Waals surface area contributed by atoms with Crippen LogP contribution in [0.4, 0.5) is 13.2 Å². The molecule has 0 unspecified atom stereocenters. The quantitative estimate of drug-likeness (QED) is 0.599. The maximum Gasteiger partial charge on any atom is 0.490 e. The van der Waals surface area contributed by atoms with E-state index >= 15 is 0 Å². The lowest BCUT2D eigenvalue weighted by Crippen LogP contribution is -2.38. The summed E-state index contributed by atoms with van der Waals surface area (Å²) in [6, 6.07) is 5.35. The number of ether oxygens (including phenoxy) is 1. The number of hydrogen-bond acceptors (Lipinski definition) is 5. The molecule has 11 heteroatoms. The number of aromatic nitrogens is 3. The third kappa shape index (κ3) is 6.82. The van der Waals surface area contributed by atoms with Crippen LogP contribution in [-0.2, 0) is 27.4 Å². The summed E-state index contributed by atoms with van der Waals surface area (Å²) in [6.45, 7) is 2.84. The van der Waals surface area contributed by atoms with E-state index in [4.69, 9.17) is 5.11 Å². The van der Waals surface area contributed by atoms with Crippen LogP contribution >= 0.6 is 0 Å². The lowest BCUT2D eigenvalue weighted by molar-refractivity contribution is -0.752. The molecule has 0 aliphatic heterocycles. The second-order valence-corrected chi connectivity index (χ2v) is 5.32. The Labute approximate surface area is 157 Å². The van der Waals surface area contributed by atoms with Gasteiger partial charge in [-0.2, -0.15) is 13.2 Å². The number of aliphatic carboxylic acids is 1. The molecule has 0 aromatic carbocycles. The zero-order valence-electron chi connectivity index (χ0n) is 15.1. The molecule has 0 saturated carbocycles. The van der Waals surface area contributed by atoms with Crippen LogP contribution < -0.4 is 10.2 Å². The molecule has 0 saturated heterocycles. The number of carboxylic acids is 1. The van der Waals surface area contributed by atoms with Crippen molar-refractivity contribution in [2.75, 3.05) is 7.11 Å². The fourth-order valence-corrected chi connectivity index (χ4v) is 2.01. The normalized spacial score (nSPS) is 10.6. The number of nitrogens with zero attached hydrogens (tertiary/aromatic N) is 3. The molecule has 1 N–H and O–H groups in total. The number of aryl methyl sites for hydroxylation is 2. The second kappa shape index (κ2) is 10.2. The molecular formula is C17H19F3N3O5+. The number of carboxylic acid groups (broad SMARTS) is 1. The van der Waals surface area contributed by atoms with Gasteiger partial charge < -0.3 is 14.4 Å². The van der Waals surface area contributed by atoms with Crippen molar-refractivity contribution in [3.63, 3.8) is 0 Å². The van der Waals surface area contributed by atoms with E-state index in [1.54, 1.807) is 40.0 Å². The summed E-state index contributed by atoms with van der Waals surface area (Å²) in [5, 5.41) is 12.7. The van der Waals surface area contributed by atoms with Gasteiger partial charge in [0.25, 0.3) is 5.56 Å². The van der Waals surface area contributed by atoms with Crippen LogP contribution in [0, 0.1) is 0 Å². The molecular weight excluding hydrogens is 383 g/mol. The van der Waals surface area contributed by atoms with Crippen molar-refractivity contribution in [1.29, 1.82) is 0 Å². The number of carbonyl (C=O) groups excluding carboxylic acids is 1. The largest absolute Gasteiger partial charge is 0.490 e. The number of alkyl halides is 3. The summed E-state index contributed by atoms with van der Waals surface area (Å²) in [5.74, 6) is -3.03. The number of pyridine rings is 1. The number of rotatable bonds is 5. The van der Waals surface area contributed by atoms with Gasteiger partial charge in [-0.25, -0.2) is 4.79 Å². The summed E-state index contributed by atoms with van der Waals surface area (Å²) < 4.78 is 39.4. The Morgan fingerprint density at radius 1 is 1.32 bits per heavy atom. The van der Waals surface area contributed by atoms with E-state index in [0.29, 0.717) is 25.8 Å². The number of methoxy groups -OCH3 is 1. The summed E-state index contributed by atoms with van der Waals surface area (Å²) in [6.07, 6.45) is 0.175. The highest BCUT2D eigenvalue weighted by Crippen LogP contribution is 2.15. The number of halogens is 3. The van der Waals surface area contributed by atoms with E-state index in [-0.39, 0.29) is 12.0 Å². The van der Waals surface area contributed by atoms with E-state index in [2.05, 4.69) is 9.84 Å². The van der Waals surface area contributed by atoms with Crippen LogP contribution in [0.3, 0.4) is 0 Å². The molecule has 0 spiro atoms. The van der Waals surface area contributed by atoms with Gasteiger partial charge in [0.15, 0.2) is 12.7 Å². The predicted molar refractivity (Wildman–Crippen MR) is 90.1 cm³/mol. The van der Waals surface area contributed by atoms with Crippen molar-refractivity contribution in [3.8, 4) is 11.1 Å². The summed E-state index contributed by atoms with van der Waals surface area (Å²) >= 11 is 0. The Balaban J connectivity index is 0.000000416. The van der Waals surface area contributed by atoms with Crippen molar-refractivity contribution in [2.45, 2.75) is 32.6 Å². The average Bonchev–Trinajstić information content (AvgIpc) is 2.66. The minimum absolute atomic E-state index is 0.0188. The van der Waals surface area contributed by atoms with Gasteiger partial charge in [0, 0.05) is 29.9 Å².